The number of carbonyl (C=O) groups excluding carboxylic acids is 1. The third kappa shape index (κ3) is 2.54. The van der Waals surface area contributed by atoms with Crippen LogP contribution in [0.25, 0.3) is 0 Å². The lowest BCUT2D eigenvalue weighted by atomic mass is 10.2. The molecule has 1 aliphatic rings. The van der Waals surface area contributed by atoms with E-state index >= 15 is 0 Å². The molecular weight excluding hydrogens is 200 g/mol. The summed E-state index contributed by atoms with van der Waals surface area (Å²) in [6.07, 6.45) is 3.53. The van der Waals surface area contributed by atoms with Crippen molar-refractivity contribution >= 4 is 11.6 Å². The minimum Gasteiger partial charge on any atom is -0.399 e. The minimum atomic E-state index is -0.00379. The van der Waals surface area contributed by atoms with Crippen LogP contribution in [0.3, 0.4) is 0 Å². The smallest absolute Gasteiger partial charge is 0.251 e. The van der Waals surface area contributed by atoms with Gasteiger partial charge in [-0.2, -0.15) is 0 Å². The Morgan fingerprint density at radius 1 is 1.56 bits per heavy atom. The van der Waals surface area contributed by atoms with E-state index in [0.717, 1.165) is 6.42 Å². The van der Waals surface area contributed by atoms with Gasteiger partial charge in [-0.15, -0.1) is 0 Å². The van der Waals surface area contributed by atoms with Gasteiger partial charge in [0.05, 0.1) is 0 Å². The summed E-state index contributed by atoms with van der Waals surface area (Å²) >= 11 is 0. The highest BCUT2D eigenvalue weighted by Gasteiger charge is 2.37. The summed E-state index contributed by atoms with van der Waals surface area (Å²) in [7, 11) is 0. The topological polar surface area (TPSA) is 55.1 Å². The molecule has 3 nitrogen and oxygen atoms in total. The highest BCUT2D eigenvalue weighted by Crippen LogP contribution is 2.34. The average Bonchev–Trinajstić information content (AvgIpc) is 2.97. The molecule has 0 aliphatic heterocycles. The lowest BCUT2D eigenvalue weighted by Gasteiger charge is -2.05. The second kappa shape index (κ2) is 4.56. The Morgan fingerprint density at radius 2 is 2.38 bits per heavy atom. The van der Waals surface area contributed by atoms with Gasteiger partial charge in [0.2, 0.25) is 0 Å². The summed E-state index contributed by atoms with van der Waals surface area (Å²) < 4.78 is 0. The van der Waals surface area contributed by atoms with Crippen LogP contribution in [0.5, 0.6) is 0 Å². The maximum Gasteiger partial charge on any atom is 0.251 e. The molecule has 1 aromatic carbocycles. The van der Waals surface area contributed by atoms with Crippen molar-refractivity contribution in [3.05, 3.63) is 29.8 Å². The fourth-order valence-electron chi connectivity index (χ4n) is 2.05. The van der Waals surface area contributed by atoms with E-state index in [-0.39, 0.29) is 5.91 Å². The SMILES string of the molecule is CCCC1CC1NC(=O)c1cccc(N)c1. The van der Waals surface area contributed by atoms with E-state index in [0.29, 0.717) is 23.2 Å². The predicted molar refractivity (Wildman–Crippen MR) is 65.1 cm³/mol. The second-order valence-electron chi connectivity index (χ2n) is 4.49. The second-order valence-corrected chi connectivity index (χ2v) is 4.49. The van der Waals surface area contributed by atoms with E-state index in [4.69, 9.17) is 5.73 Å². The lowest BCUT2D eigenvalue weighted by Crippen LogP contribution is -2.26. The van der Waals surface area contributed by atoms with Crippen LogP contribution < -0.4 is 11.1 Å². The first-order chi connectivity index (χ1) is 7.70. The van der Waals surface area contributed by atoms with Crippen LogP contribution in [-0.2, 0) is 0 Å². The first-order valence-electron chi connectivity index (χ1n) is 5.87. The molecule has 0 heterocycles. The molecule has 2 rings (SSSR count). The zero-order valence-corrected chi connectivity index (χ0v) is 9.57. The molecule has 0 aromatic heterocycles. The Bertz CT molecular complexity index is 389. The number of benzene rings is 1. The molecule has 0 radical (unpaired) electrons. The van der Waals surface area contributed by atoms with Crippen molar-refractivity contribution in [3.63, 3.8) is 0 Å². The van der Waals surface area contributed by atoms with Crippen LogP contribution >= 0.6 is 0 Å². The number of amides is 1. The highest BCUT2D eigenvalue weighted by molar-refractivity contribution is 5.95. The van der Waals surface area contributed by atoms with Crippen molar-refractivity contribution in [2.75, 3.05) is 5.73 Å². The fraction of sp³-hybridized carbons (Fsp3) is 0.462. The Kier molecular flexibility index (Phi) is 3.13. The summed E-state index contributed by atoms with van der Waals surface area (Å²) in [5, 5.41) is 3.04. The van der Waals surface area contributed by atoms with Gasteiger partial charge in [0.25, 0.3) is 5.91 Å². The van der Waals surface area contributed by atoms with Crippen molar-refractivity contribution in [1.29, 1.82) is 0 Å². The number of hydrogen-bond acceptors (Lipinski definition) is 2. The molecule has 0 spiro atoms. The highest BCUT2D eigenvalue weighted by atomic mass is 16.1. The van der Waals surface area contributed by atoms with E-state index in [1.165, 1.54) is 12.8 Å². The summed E-state index contributed by atoms with van der Waals surface area (Å²) in [5.74, 6) is 0.686. The van der Waals surface area contributed by atoms with Crippen LogP contribution in [0, 0.1) is 5.92 Å². The lowest BCUT2D eigenvalue weighted by molar-refractivity contribution is 0.0949. The monoisotopic (exact) mass is 218 g/mol. The van der Waals surface area contributed by atoms with Crippen molar-refractivity contribution in [2.45, 2.75) is 32.2 Å². The van der Waals surface area contributed by atoms with Crippen molar-refractivity contribution in [1.82, 2.24) is 5.32 Å². The molecule has 16 heavy (non-hydrogen) atoms. The number of nitrogens with one attached hydrogen (secondary N) is 1. The van der Waals surface area contributed by atoms with Gasteiger partial charge in [0.15, 0.2) is 0 Å². The zero-order valence-electron chi connectivity index (χ0n) is 9.57. The number of nitrogens with two attached hydrogens (primary N) is 1. The van der Waals surface area contributed by atoms with Crippen molar-refractivity contribution in [2.24, 2.45) is 5.92 Å². The van der Waals surface area contributed by atoms with Crippen LogP contribution in [0.4, 0.5) is 5.69 Å². The molecule has 0 bridgehead atoms. The normalized spacial score (nSPS) is 22.8. The van der Waals surface area contributed by atoms with Gasteiger partial charge in [-0.05, 0) is 37.0 Å². The summed E-state index contributed by atoms with van der Waals surface area (Å²) in [6.45, 7) is 2.18. The first kappa shape index (κ1) is 11.0. The van der Waals surface area contributed by atoms with Crippen LogP contribution in [0.1, 0.15) is 36.5 Å². The molecule has 3 heteroatoms. The van der Waals surface area contributed by atoms with E-state index in [2.05, 4.69) is 12.2 Å². The van der Waals surface area contributed by atoms with Gasteiger partial charge in [0, 0.05) is 17.3 Å². The number of hydrogen-bond donors (Lipinski definition) is 2. The third-order valence-corrected chi connectivity index (χ3v) is 3.05. The molecule has 3 N–H and O–H groups in total. The fourth-order valence-corrected chi connectivity index (χ4v) is 2.05. The van der Waals surface area contributed by atoms with E-state index in [1.807, 2.05) is 0 Å². The Morgan fingerprint density at radius 3 is 3.06 bits per heavy atom. The maximum atomic E-state index is 11.8. The molecule has 1 fully saturated rings. The molecule has 1 saturated carbocycles. The molecule has 86 valence electrons. The summed E-state index contributed by atoms with van der Waals surface area (Å²) in [6, 6.07) is 7.48. The van der Waals surface area contributed by atoms with Gasteiger partial charge in [-0.25, -0.2) is 0 Å². The largest absolute Gasteiger partial charge is 0.399 e. The average molecular weight is 218 g/mol. The molecule has 1 amide bonds. The third-order valence-electron chi connectivity index (χ3n) is 3.05. The zero-order chi connectivity index (χ0) is 11.5. The number of carbonyl (C=O) groups is 1. The van der Waals surface area contributed by atoms with Crippen molar-refractivity contribution in [3.8, 4) is 0 Å². The number of nitrogen functional groups attached to an aromatic ring is 1. The van der Waals surface area contributed by atoms with Crippen LogP contribution in [-0.4, -0.2) is 11.9 Å². The minimum absolute atomic E-state index is 0.00379. The van der Waals surface area contributed by atoms with Gasteiger partial charge in [-0.1, -0.05) is 19.4 Å². The Balaban J connectivity index is 1.90. The Hall–Kier alpha value is -1.51. The molecule has 1 aliphatic carbocycles. The van der Waals surface area contributed by atoms with Gasteiger partial charge >= 0.3 is 0 Å². The molecular formula is C13H18N2O. The standard InChI is InChI=1S/C13H18N2O/c1-2-4-9-8-12(9)15-13(16)10-5-3-6-11(14)7-10/h3,5-7,9,12H,2,4,8,14H2,1H3,(H,15,16). The summed E-state index contributed by atoms with van der Waals surface area (Å²) in [5.41, 5.74) is 6.93. The van der Waals surface area contributed by atoms with Gasteiger partial charge in [0.1, 0.15) is 0 Å². The summed E-state index contributed by atoms with van der Waals surface area (Å²) in [4.78, 5) is 11.8. The quantitative estimate of drug-likeness (QED) is 0.761. The van der Waals surface area contributed by atoms with Crippen LogP contribution in [0.2, 0.25) is 0 Å². The number of rotatable bonds is 4. The van der Waals surface area contributed by atoms with Crippen molar-refractivity contribution < 1.29 is 4.79 Å². The van der Waals surface area contributed by atoms with Gasteiger partial charge < -0.3 is 11.1 Å². The van der Waals surface area contributed by atoms with E-state index < -0.39 is 0 Å². The Labute approximate surface area is 96.0 Å². The maximum absolute atomic E-state index is 11.8. The first-order valence-corrected chi connectivity index (χ1v) is 5.87. The van der Waals surface area contributed by atoms with Crippen LogP contribution in [0.15, 0.2) is 24.3 Å². The molecule has 1 aromatic rings. The molecule has 0 saturated heterocycles. The van der Waals surface area contributed by atoms with E-state index in [9.17, 15) is 4.79 Å². The number of anilines is 1. The molecule has 2 atom stereocenters. The molecule has 2 unspecified atom stereocenters. The predicted octanol–water partition coefficient (Wildman–Crippen LogP) is 2.19. The van der Waals surface area contributed by atoms with E-state index in [1.54, 1.807) is 24.3 Å². The van der Waals surface area contributed by atoms with Gasteiger partial charge in [-0.3, -0.25) is 4.79 Å².